The van der Waals surface area contributed by atoms with Crippen molar-refractivity contribution in [3.05, 3.63) is 130 Å². The minimum absolute atomic E-state index is 0.0891. The normalized spacial score (nSPS) is 19.4. The highest BCUT2D eigenvalue weighted by Crippen LogP contribution is 2.68. The largest absolute Gasteiger partial charge is 0.536 e. The summed E-state index contributed by atoms with van der Waals surface area (Å²) in [5.74, 6) is -1.38. The topological polar surface area (TPSA) is 256 Å². The molecule has 22 heteroatoms. The number of phosphoric acid groups is 3. The smallest absolute Gasteiger partial charge is 0.476 e. The molecule has 0 spiro atoms. The van der Waals surface area contributed by atoms with E-state index >= 15 is 0 Å². The number of H-pyrrole nitrogens is 1. The van der Waals surface area contributed by atoms with Gasteiger partial charge in [-0.25, -0.2) is 26.9 Å². The maximum Gasteiger partial charge on any atom is 0.536 e. The molecule has 5 atom stereocenters. The third kappa shape index (κ3) is 8.18. The molecule has 55 heavy (non-hydrogen) atoms. The Balaban J connectivity index is 1.02. The molecule has 1 aromatic heterocycles. The lowest BCUT2D eigenvalue weighted by molar-refractivity contribution is 0.00963. The first-order chi connectivity index (χ1) is 25.9. The number of rotatable bonds is 14. The second kappa shape index (κ2) is 14.5. The standard InChI is InChI=1S/C33H29N2O16P3S/c1-20-18-35(33(37)34-31(20)36)32-30(48-24-8-3-2-4-9-24)26(19-46-32)49-53(40,41)51-54(42,43)50-52(38,39)47-16-17-55(44,45)27-15-13-23-11-10-21-6-5-7-22-12-14-25(27)29(23)28(21)22/h2-15,18-19,30,32H,16-17H2,1H3,(H,38,39)(H,40,41)(H,42,43)(H,34,36,37)/t30?,32-/m1/s1. The van der Waals surface area contributed by atoms with Gasteiger partial charge in [-0.2, -0.15) is 8.62 Å². The van der Waals surface area contributed by atoms with E-state index in [0.717, 1.165) is 38.6 Å². The number of aryl methyl sites for hydroxylation is 1. The molecule has 288 valence electrons. The van der Waals surface area contributed by atoms with Gasteiger partial charge in [0.15, 0.2) is 15.6 Å². The molecule has 4 unspecified atom stereocenters. The number of hydrogen-bond donors (Lipinski definition) is 4. The molecule has 5 aromatic carbocycles. The minimum atomic E-state index is -6.01. The van der Waals surface area contributed by atoms with E-state index in [1.165, 1.54) is 25.1 Å². The van der Waals surface area contributed by atoms with Crippen molar-refractivity contribution in [1.82, 2.24) is 9.55 Å². The van der Waals surface area contributed by atoms with Crippen LogP contribution in [0.25, 0.3) is 32.3 Å². The monoisotopic (exact) mass is 834 g/mol. The van der Waals surface area contributed by atoms with Gasteiger partial charge in [-0.3, -0.25) is 23.8 Å². The fraction of sp³-hybridized carbons (Fsp3) is 0.152. The Morgan fingerprint density at radius 2 is 1.44 bits per heavy atom. The summed E-state index contributed by atoms with van der Waals surface area (Å²) >= 11 is 0. The number of nitrogens with one attached hydrogen (secondary N) is 1. The SMILES string of the molecule is Cc1cn([C@@H]2OC=C(OP(=O)(O)OP(=O)(O)OP(=O)(O)OCCS(=O)(=O)c3ccc4ccc5cccc6ccc3c4c56)C2Oc2ccccc2)c(=O)[nH]c1=O. The van der Waals surface area contributed by atoms with Gasteiger partial charge in [0.2, 0.25) is 12.3 Å². The van der Waals surface area contributed by atoms with Gasteiger partial charge < -0.3 is 23.8 Å². The molecule has 0 amide bonds. The highest BCUT2D eigenvalue weighted by molar-refractivity contribution is 7.91. The van der Waals surface area contributed by atoms with E-state index in [1.807, 2.05) is 30.3 Å². The molecule has 18 nitrogen and oxygen atoms in total. The number of hydrogen-bond acceptors (Lipinski definition) is 13. The van der Waals surface area contributed by atoms with E-state index in [2.05, 4.69) is 18.1 Å². The summed E-state index contributed by atoms with van der Waals surface area (Å²) < 4.78 is 95.3. The van der Waals surface area contributed by atoms with Crippen LogP contribution >= 0.6 is 23.5 Å². The second-order valence-electron chi connectivity index (χ2n) is 12.1. The highest BCUT2D eigenvalue weighted by Gasteiger charge is 2.47. The fourth-order valence-corrected chi connectivity index (χ4v) is 11.0. The highest BCUT2D eigenvalue weighted by atomic mass is 32.2. The predicted octanol–water partition coefficient (Wildman–Crippen LogP) is 5.40. The van der Waals surface area contributed by atoms with Crippen molar-refractivity contribution in [2.24, 2.45) is 0 Å². The zero-order valence-corrected chi connectivity index (χ0v) is 31.7. The van der Waals surface area contributed by atoms with Gasteiger partial charge in [0, 0.05) is 17.1 Å². The minimum Gasteiger partial charge on any atom is -0.476 e. The van der Waals surface area contributed by atoms with Crippen LogP contribution in [0.5, 0.6) is 5.75 Å². The van der Waals surface area contributed by atoms with E-state index in [1.54, 1.807) is 36.4 Å². The number of nitrogens with zero attached hydrogens (tertiary/aromatic N) is 1. The lowest BCUT2D eigenvalue weighted by atomic mass is 9.94. The number of sulfone groups is 1. The summed E-state index contributed by atoms with van der Waals surface area (Å²) in [4.78, 5) is 57.3. The van der Waals surface area contributed by atoms with Crippen molar-refractivity contribution in [1.29, 1.82) is 0 Å². The Morgan fingerprint density at radius 1 is 0.800 bits per heavy atom. The van der Waals surface area contributed by atoms with E-state index < -0.39 is 75.0 Å². The van der Waals surface area contributed by atoms with Crippen molar-refractivity contribution >= 4 is 65.6 Å². The van der Waals surface area contributed by atoms with Gasteiger partial charge >= 0.3 is 29.2 Å². The van der Waals surface area contributed by atoms with Crippen LogP contribution in [0.1, 0.15) is 11.8 Å². The van der Waals surface area contributed by atoms with Crippen molar-refractivity contribution in [2.45, 2.75) is 24.2 Å². The molecular weight excluding hydrogens is 805 g/mol. The summed E-state index contributed by atoms with van der Waals surface area (Å²) in [6.07, 6.45) is -1.15. The quantitative estimate of drug-likeness (QED) is 0.0791. The van der Waals surface area contributed by atoms with Crippen molar-refractivity contribution in [3.8, 4) is 5.75 Å². The molecule has 0 bridgehead atoms. The van der Waals surface area contributed by atoms with Crippen LogP contribution in [0.4, 0.5) is 0 Å². The zero-order valence-electron chi connectivity index (χ0n) is 28.2. The number of ether oxygens (including phenoxy) is 2. The van der Waals surface area contributed by atoms with E-state index in [0.29, 0.717) is 10.8 Å². The Labute approximate surface area is 310 Å². The van der Waals surface area contributed by atoms with Crippen LogP contribution in [0.3, 0.4) is 0 Å². The van der Waals surface area contributed by atoms with Crippen LogP contribution in [-0.4, -0.2) is 51.1 Å². The third-order valence-electron chi connectivity index (χ3n) is 8.35. The Kier molecular flexibility index (Phi) is 10.2. The Morgan fingerprint density at radius 3 is 2.15 bits per heavy atom. The molecular formula is C33H29N2O16P3S. The van der Waals surface area contributed by atoms with Gasteiger partial charge in [-0.15, -0.1) is 0 Å². The molecule has 0 radical (unpaired) electrons. The first-order valence-electron chi connectivity index (χ1n) is 16.0. The predicted molar refractivity (Wildman–Crippen MR) is 196 cm³/mol. The molecule has 0 saturated heterocycles. The second-order valence-corrected chi connectivity index (χ2v) is 18.7. The first kappa shape index (κ1) is 38.6. The maximum absolute atomic E-state index is 13.4. The van der Waals surface area contributed by atoms with Gasteiger partial charge in [0.25, 0.3) is 5.56 Å². The Hall–Kier alpha value is -4.64. The summed E-state index contributed by atoms with van der Waals surface area (Å²) in [5.41, 5.74) is -1.55. The number of para-hydroxylation sites is 1. The number of aromatic amines is 1. The van der Waals surface area contributed by atoms with E-state index in [9.17, 15) is 46.4 Å². The molecule has 1 aliphatic rings. The van der Waals surface area contributed by atoms with Crippen molar-refractivity contribution in [3.63, 3.8) is 0 Å². The molecule has 0 aliphatic carbocycles. The van der Waals surface area contributed by atoms with Gasteiger partial charge in [0.05, 0.1) is 17.3 Å². The molecule has 7 rings (SSSR count). The van der Waals surface area contributed by atoms with Crippen LogP contribution in [0, 0.1) is 6.92 Å². The molecule has 6 aromatic rings. The molecule has 0 saturated carbocycles. The average Bonchev–Trinajstić information content (AvgIpc) is 3.48. The maximum atomic E-state index is 13.4. The lowest BCUT2D eigenvalue weighted by Crippen LogP contribution is -2.39. The van der Waals surface area contributed by atoms with Crippen molar-refractivity contribution in [2.75, 3.05) is 12.4 Å². The summed E-state index contributed by atoms with van der Waals surface area (Å²) in [7, 11) is -21.6. The van der Waals surface area contributed by atoms with Crippen LogP contribution in [0.2, 0.25) is 0 Å². The third-order valence-corrected chi connectivity index (χ3v) is 14.3. The van der Waals surface area contributed by atoms with Gasteiger partial charge in [-0.1, -0.05) is 66.7 Å². The van der Waals surface area contributed by atoms with Crippen LogP contribution in [0.15, 0.2) is 118 Å². The summed E-state index contributed by atoms with van der Waals surface area (Å²) in [6.45, 7) is 0.381. The first-order valence-corrected chi connectivity index (χ1v) is 22.1. The van der Waals surface area contributed by atoms with E-state index in [4.69, 9.17) is 14.0 Å². The van der Waals surface area contributed by atoms with E-state index in [-0.39, 0.29) is 16.2 Å². The molecule has 2 heterocycles. The summed E-state index contributed by atoms with van der Waals surface area (Å²) in [6, 6.07) is 23.7. The Bertz CT molecular complexity index is 2850. The van der Waals surface area contributed by atoms with Gasteiger partial charge in [-0.05, 0) is 52.1 Å². The average molecular weight is 835 g/mol. The molecule has 1 aliphatic heterocycles. The van der Waals surface area contributed by atoms with Crippen LogP contribution in [-0.2, 0) is 45.9 Å². The zero-order chi connectivity index (χ0) is 39.3. The number of phosphoric ester groups is 2. The molecule has 4 N–H and O–H groups in total. The summed E-state index contributed by atoms with van der Waals surface area (Å²) in [5, 5.41) is 4.56. The van der Waals surface area contributed by atoms with Gasteiger partial charge in [0.1, 0.15) is 12.0 Å². The van der Waals surface area contributed by atoms with Crippen molar-refractivity contribution < 1.29 is 63.9 Å². The lowest BCUT2D eigenvalue weighted by Gasteiger charge is -2.25. The van der Waals surface area contributed by atoms with Crippen LogP contribution < -0.4 is 16.0 Å². The number of benzene rings is 5. The fourth-order valence-electron chi connectivity index (χ4n) is 6.04. The molecule has 0 fully saturated rings. The number of aromatic nitrogens is 2.